The highest BCUT2D eigenvalue weighted by Gasteiger charge is 2.22. The number of nitrogens with one attached hydrogen (secondary N) is 1. The number of benzene rings is 1. The van der Waals surface area contributed by atoms with Crippen molar-refractivity contribution in [3.05, 3.63) is 46.1 Å². The van der Waals surface area contributed by atoms with Gasteiger partial charge >= 0.3 is 5.69 Å². The minimum Gasteiger partial charge on any atom is -0.292 e. The molecule has 0 amide bonds. The van der Waals surface area contributed by atoms with E-state index in [0.717, 1.165) is 4.90 Å². The molecule has 1 aromatic carbocycles. The first kappa shape index (κ1) is 13.2. The number of aryl methyl sites for hydroxylation is 1. The van der Waals surface area contributed by atoms with E-state index in [0.29, 0.717) is 0 Å². The summed E-state index contributed by atoms with van der Waals surface area (Å²) in [6.45, 7) is 1.55. The highest BCUT2D eigenvalue weighted by atomic mass is 32.2. The van der Waals surface area contributed by atoms with Crippen LogP contribution in [0, 0.1) is 17.0 Å². The van der Waals surface area contributed by atoms with Gasteiger partial charge in [0, 0.05) is 4.90 Å². The Morgan fingerprint density at radius 2 is 2.00 bits per heavy atom. The van der Waals surface area contributed by atoms with Crippen LogP contribution in [-0.4, -0.2) is 14.9 Å². The fourth-order valence-electron chi connectivity index (χ4n) is 1.49. The average Bonchev–Trinajstić information content (AvgIpc) is 2.38. The number of rotatable bonds is 4. The first-order valence-corrected chi connectivity index (χ1v) is 6.16. The van der Waals surface area contributed by atoms with Crippen molar-refractivity contribution in [3.63, 3.8) is 0 Å². The smallest absolute Gasteiger partial charge is 0.292 e. The lowest BCUT2D eigenvalue weighted by molar-refractivity contribution is -0.389. The molecule has 2 rings (SSSR count). The van der Waals surface area contributed by atoms with E-state index in [1.807, 2.05) is 30.3 Å². The largest absolute Gasteiger partial charge is 0.322 e. The number of hydrogen-bond donors (Lipinski definition) is 2. The summed E-state index contributed by atoms with van der Waals surface area (Å²) in [5, 5.41) is 11.4. The van der Waals surface area contributed by atoms with Crippen LogP contribution in [0.5, 0.6) is 0 Å². The van der Waals surface area contributed by atoms with Gasteiger partial charge in [-0.3, -0.25) is 15.5 Å². The average molecular weight is 277 g/mol. The van der Waals surface area contributed by atoms with Crippen LogP contribution in [-0.2, 0) is 0 Å². The third kappa shape index (κ3) is 2.98. The number of anilines is 1. The molecule has 0 spiro atoms. The van der Waals surface area contributed by atoms with Crippen molar-refractivity contribution < 1.29 is 4.92 Å². The Morgan fingerprint density at radius 1 is 1.32 bits per heavy atom. The molecule has 98 valence electrons. The normalized spacial score (nSPS) is 10.2. The molecule has 0 aliphatic carbocycles. The number of nitro groups is 1. The monoisotopic (exact) mass is 277 g/mol. The molecule has 2 aromatic rings. The predicted molar refractivity (Wildman–Crippen MR) is 71.8 cm³/mol. The summed E-state index contributed by atoms with van der Waals surface area (Å²) >= 11 is 1.20. The Balaban J connectivity index is 2.48. The molecule has 0 radical (unpaired) electrons. The van der Waals surface area contributed by atoms with Crippen LogP contribution in [0.1, 0.15) is 5.69 Å². The van der Waals surface area contributed by atoms with Crippen molar-refractivity contribution in [2.75, 3.05) is 5.43 Å². The van der Waals surface area contributed by atoms with Gasteiger partial charge in [0.05, 0.1) is 4.92 Å². The van der Waals surface area contributed by atoms with Gasteiger partial charge in [-0.25, -0.2) is 10.8 Å². The van der Waals surface area contributed by atoms with E-state index in [9.17, 15) is 10.1 Å². The molecule has 0 saturated carbocycles. The first-order chi connectivity index (χ1) is 9.11. The molecule has 1 aromatic heterocycles. The SMILES string of the molecule is Cc1nc(NN)nc(Sc2ccccc2)c1[N+](=O)[O-]. The maximum Gasteiger partial charge on any atom is 0.322 e. The molecule has 0 aliphatic rings. The summed E-state index contributed by atoms with van der Waals surface area (Å²) in [7, 11) is 0. The number of hydrazine groups is 1. The van der Waals surface area contributed by atoms with Crippen molar-refractivity contribution in [2.24, 2.45) is 5.84 Å². The zero-order chi connectivity index (χ0) is 13.8. The van der Waals surface area contributed by atoms with Gasteiger partial charge in [0.15, 0.2) is 5.03 Å². The summed E-state index contributed by atoms with van der Waals surface area (Å²) in [4.78, 5) is 19.4. The summed E-state index contributed by atoms with van der Waals surface area (Å²) in [5.74, 6) is 5.41. The Labute approximate surface area is 113 Å². The summed E-state index contributed by atoms with van der Waals surface area (Å²) in [6, 6.07) is 9.27. The summed E-state index contributed by atoms with van der Waals surface area (Å²) in [6.07, 6.45) is 0. The predicted octanol–water partition coefficient (Wildman–Crippen LogP) is 2.13. The quantitative estimate of drug-likeness (QED) is 0.381. The third-order valence-electron chi connectivity index (χ3n) is 2.30. The minimum absolute atomic E-state index is 0.104. The van der Waals surface area contributed by atoms with E-state index < -0.39 is 4.92 Å². The van der Waals surface area contributed by atoms with E-state index in [-0.39, 0.29) is 22.4 Å². The zero-order valence-corrected chi connectivity index (χ0v) is 10.8. The lowest BCUT2D eigenvalue weighted by atomic mass is 10.4. The molecular formula is C11H11N5O2S. The minimum atomic E-state index is -0.485. The van der Waals surface area contributed by atoms with Crippen LogP contribution in [0.25, 0.3) is 0 Å². The standard InChI is InChI=1S/C11H11N5O2S/c1-7-9(16(17)18)10(14-11(13-7)15-12)19-8-5-3-2-4-6-8/h2-6H,12H2,1H3,(H,13,14,15). The van der Waals surface area contributed by atoms with Gasteiger partial charge in [0.1, 0.15) is 5.69 Å². The van der Waals surface area contributed by atoms with Crippen LogP contribution in [0.4, 0.5) is 11.6 Å². The lowest BCUT2D eigenvalue weighted by Gasteiger charge is -2.06. The summed E-state index contributed by atoms with van der Waals surface area (Å²) < 4.78 is 0. The second-order valence-corrected chi connectivity index (χ2v) is 4.67. The molecule has 7 nitrogen and oxygen atoms in total. The van der Waals surface area contributed by atoms with Crippen molar-refractivity contribution >= 4 is 23.4 Å². The van der Waals surface area contributed by atoms with Crippen molar-refractivity contribution in [2.45, 2.75) is 16.8 Å². The number of aromatic nitrogens is 2. The van der Waals surface area contributed by atoms with Crippen molar-refractivity contribution in [1.29, 1.82) is 0 Å². The van der Waals surface area contributed by atoms with Crippen LogP contribution < -0.4 is 11.3 Å². The topological polar surface area (TPSA) is 107 Å². The molecule has 0 atom stereocenters. The van der Waals surface area contributed by atoms with Crippen molar-refractivity contribution in [1.82, 2.24) is 9.97 Å². The molecular weight excluding hydrogens is 266 g/mol. The number of nitrogen functional groups attached to an aromatic ring is 1. The van der Waals surface area contributed by atoms with Crippen LogP contribution in [0.3, 0.4) is 0 Å². The molecule has 0 bridgehead atoms. The second kappa shape index (κ2) is 5.63. The van der Waals surface area contributed by atoms with Crippen LogP contribution in [0.15, 0.2) is 40.3 Å². The van der Waals surface area contributed by atoms with Crippen molar-refractivity contribution in [3.8, 4) is 0 Å². The Hall–Kier alpha value is -2.19. The zero-order valence-electron chi connectivity index (χ0n) is 10.0. The van der Waals surface area contributed by atoms with E-state index in [1.54, 1.807) is 6.92 Å². The highest BCUT2D eigenvalue weighted by molar-refractivity contribution is 7.99. The van der Waals surface area contributed by atoms with E-state index in [2.05, 4.69) is 15.4 Å². The third-order valence-corrected chi connectivity index (χ3v) is 3.28. The van der Waals surface area contributed by atoms with Gasteiger partial charge in [0.25, 0.3) is 0 Å². The Morgan fingerprint density at radius 3 is 2.58 bits per heavy atom. The molecule has 0 fully saturated rings. The molecule has 0 saturated heterocycles. The molecule has 0 unspecified atom stereocenters. The molecule has 3 N–H and O–H groups in total. The Bertz CT molecular complexity index is 606. The van der Waals surface area contributed by atoms with E-state index in [1.165, 1.54) is 11.8 Å². The Kier molecular flexibility index (Phi) is 3.93. The highest BCUT2D eigenvalue weighted by Crippen LogP contribution is 2.34. The number of hydrogen-bond acceptors (Lipinski definition) is 7. The summed E-state index contributed by atoms with van der Waals surface area (Å²) in [5.41, 5.74) is 2.47. The number of nitrogens with two attached hydrogens (primary N) is 1. The number of nitrogens with zero attached hydrogens (tertiary/aromatic N) is 3. The van der Waals surface area contributed by atoms with E-state index >= 15 is 0 Å². The van der Waals surface area contributed by atoms with Crippen LogP contribution in [0.2, 0.25) is 0 Å². The van der Waals surface area contributed by atoms with Gasteiger partial charge in [-0.15, -0.1) is 0 Å². The molecule has 1 heterocycles. The van der Waals surface area contributed by atoms with E-state index in [4.69, 9.17) is 5.84 Å². The maximum atomic E-state index is 11.1. The fourth-order valence-corrected chi connectivity index (χ4v) is 2.45. The fraction of sp³-hybridized carbons (Fsp3) is 0.0909. The molecule has 0 aliphatic heterocycles. The van der Waals surface area contributed by atoms with Gasteiger partial charge in [0.2, 0.25) is 5.95 Å². The maximum absolute atomic E-state index is 11.1. The molecule has 19 heavy (non-hydrogen) atoms. The van der Waals surface area contributed by atoms with Gasteiger partial charge in [-0.2, -0.15) is 4.98 Å². The molecule has 8 heteroatoms. The van der Waals surface area contributed by atoms with Gasteiger partial charge in [-0.1, -0.05) is 30.0 Å². The lowest BCUT2D eigenvalue weighted by Crippen LogP contribution is -2.12. The second-order valence-electron chi connectivity index (χ2n) is 3.60. The van der Waals surface area contributed by atoms with Gasteiger partial charge < -0.3 is 0 Å². The van der Waals surface area contributed by atoms with Gasteiger partial charge in [-0.05, 0) is 19.1 Å². The first-order valence-electron chi connectivity index (χ1n) is 5.34. The van der Waals surface area contributed by atoms with Crippen LogP contribution >= 0.6 is 11.8 Å².